The molecule has 2 aromatic rings. The molecule has 0 aliphatic rings. The van der Waals surface area contributed by atoms with E-state index in [9.17, 15) is 0 Å². The van der Waals surface area contributed by atoms with E-state index in [2.05, 4.69) is 66.1 Å². The number of aromatic nitrogens is 3. The van der Waals surface area contributed by atoms with Gasteiger partial charge in [0, 0.05) is 34.5 Å². The normalized spacial score (nSPS) is 11.3. The van der Waals surface area contributed by atoms with E-state index in [0.717, 1.165) is 40.9 Å². The second kappa shape index (κ2) is 7.18. The number of nitrogens with one attached hydrogen (secondary N) is 1. The maximum Gasteiger partial charge on any atom is 0.158 e. The fourth-order valence-corrected chi connectivity index (χ4v) is 2.57. The van der Waals surface area contributed by atoms with E-state index in [1.54, 1.807) is 0 Å². The van der Waals surface area contributed by atoms with Gasteiger partial charge in [-0.3, -0.25) is 0 Å². The second-order valence-corrected chi connectivity index (χ2v) is 6.33. The lowest BCUT2D eigenvalue weighted by Crippen LogP contribution is -2.23. The van der Waals surface area contributed by atoms with E-state index in [1.165, 1.54) is 5.69 Å². The third kappa shape index (κ3) is 3.92. The molecule has 0 fully saturated rings. The Morgan fingerprint density at radius 3 is 2.62 bits per heavy atom. The highest BCUT2D eigenvalue weighted by molar-refractivity contribution is 9.10. The predicted octanol–water partition coefficient (Wildman–Crippen LogP) is 3.65. The Morgan fingerprint density at radius 1 is 1.24 bits per heavy atom. The van der Waals surface area contributed by atoms with E-state index >= 15 is 0 Å². The van der Waals surface area contributed by atoms with Crippen molar-refractivity contribution < 1.29 is 0 Å². The van der Waals surface area contributed by atoms with Crippen LogP contribution in [0, 0.1) is 0 Å². The van der Waals surface area contributed by atoms with E-state index in [4.69, 9.17) is 5.10 Å². The number of pyridine rings is 1. The first kappa shape index (κ1) is 16.2. The van der Waals surface area contributed by atoms with Gasteiger partial charge in [0.1, 0.15) is 0 Å². The molecule has 114 valence electrons. The fourth-order valence-electron chi connectivity index (χ4n) is 2.19. The highest BCUT2D eigenvalue weighted by Gasteiger charge is 2.13. The molecule has 0 aromatic carbocycles. The van der Waals surface area contributed by atoms with Crippen LogP contribution in [0.15, 0.2) is 22.8 Å². The molecule has 2 rings (SSSR count). The molecule has 0 bridgehead atoms. The molecule has 5 heteroatoms. The Balaban J connectivity index is 2.44. The van der Waals surface area contributed by atoms with Gasteiger partial charge >= 0.3 is 0 Å². The summed E-state index contributed by atoms with van der Waals surface area (Å²) in [6, 6.07) is 4.72. The van der Waals surface area contributed by atoms with Crippen molar-refractivity contribution in [2.75, 3.05) is 0 Å². The topological polar surface area (TPSA) is 42.7 Å². The molecule has 0 amide bonds. The van der Waals surface area contributed by atoms with Crippen LogP contribution in [0.4, 0.5) is 0 Å². The summed E-state index contributed by atoms with van der Waals surface area (Å²) in [7, 11) is 0. The van der Waals surface area contributed by atoms with Crippen LogP contribution in [0.5, 0.6) is 0 Å². The molecule has 0 aliphatic carbocycles. The van der Waals surface area contributed by atoms with Gasteiger partial charge in [-0.2, -0.15) is 5.10 Å². The Bertz CT molecular complexity index is 604. The summed E-state index contributed by atoms with van der Waals surface area (Å²) in [4.78, 5) is 4.60. The zero-order chi connectivity index (χ0) is 15.4. The molecular formula is C16H23BrN4. The van der Waals surface area contributed by atoms with Crippen molar-refractivity contribution in [2.24, 2.45) is 0 Å². The van der Waals surface area contributed by atoms with Crippen LogP contribution in [0.3, 0.4) is 0 Å². The van der Waals surface area contributed by atoms with E-state index in [-0.39, 0.29) is 0 Å². The minimum Gasteiger partial charge on any atom is -0.310 e. The van der Waals surface area contributed by atoms with Crippen LogP contribution in [0.1, 0.15) is 44.6 Å². The van der Waals surface area contributed by atoms with Gasteiger partial charge in [0.15, 0.2) is 5.82 Å². The van der Waals surface area contributed by atoms with Crippen molar-refractivity contribution in [1.29, 1.82) is 0 Å². The summed E-state index contributed by atoms with van der Waals surface area (Å²) in [5.74, 6) is 0.919. The molecule has 21 heavy (non-hydrogen) atoms. The SMILES string of the molecule is CCc1cc(CC)n(-c2ncc(Br)cc2CNC(C)C)n1. The second-order valence-electron chi connectivity index (χ2n) is 5.42. The summed E-state index contributed by atoms with van der Waals surface area (Å²) >= 11 is 3.51. The zero-order valence-corrected chi connectivity index (χ0v) is 14.7. The maximum absolute atomic E-state index is 4.70. The smallest absolute Gasteiger partial charge is 0.158 e. The van der Waals surface area contributed by atoms with Gasteiger partial charge in [-0.15, -0.1) is 0 Å². The van der Waals surface area contributed by atoms with Gasteiger partial charge in [-0.05, 0) is 40.9 Å². The Kier molecular flexibility index (Phi) is 5.53. The molecule has 0 unspecified atom stereocenters. The largest absolute Gasteiger partial charge is 0.310 e. The van der Waals surface area contributed by atoms with Crippen molar-refractivity contribution in [2.45, 2.75) is 53.1 Å². The first-order valence-electron chi connectivity index (χ1n) is 7.51. The predicted molar refractivity (Wildman–Crippen MR) is 89.8 cm³/mol. The summed E-state index contributed by atoms with van der Waals surface area (Å²) in [6.45, 7) is 9.35. The van der Waals surface area contributed by atoms with Crippen LogP contribution < -0.4 is 5.32 Å². The molecule has 2 aromatic heterocycles. The van der Waals surface area contributed by atoms with Crippen LogP contribution in [0.2, 0.25) is 0 Å². The zero-order valence-electron chi connectivity index (χ0n) is 13.2. The van der Waals surface area contributed by atoms with Crippen molar-refractivity contribution in [1.82, 2.24) is 20.1 Å². The first-order chi connectivity index (χ1) is 10.0. The number of hydrogen-bond donors (Lipinski definition) is 1. The molecule has 0 atom stereocenters. The van der Waals surface area contributed by atoms with Gasteiger partial charge in [-0.1, -0.05) is 27.7 Å². The Labute approximate surface area is 135 Å². The lowest BCUT2D eigenvalue weighted by molar-refractivity contribution is 0.583. The van der Waals surface area contributed by atoms with Crippen molar-refractivity contribution in [3.05, 3.63) is 39.8 Å². The first-order valence-corrected chi connectivity index (χ1v) is 8.30. The van der Waals surface area contributed by atoms with Crippen LogP contribution >= 0.6 is 15.9 Å². The third-order valence-electron chi connectivity index (χ3n) is 3.37. The lowest BCUT2D eigenvalue weighted by Gasteiger charge is -2.14. The number of aryl methyl sites for hydroxylation is 2. The Morgan fingerprint density at radius 2 is 2.00 bits per heavy atom. The number of nitrogens with zero attached hydrogens (tertiary/aromatic N) is 3. The third-order valence-corrected chi connectivity index (χ3v) is 3.80. The molecule has 0 saturated heterocycles. The minimum atomic E-state index is 0.436. The molecule has 0 aliphatic heterocycles. The number of rotatable bonds is 6. The fraction of sp³-hybridized carbons (Fsp3) is 0.500. The van der Waals surface area contributed by atoms with Crippen molar-refractivity contribution >= 4 is 15.9 Å². The van der Waals surface area contributed by atoms with Gasteiger partial charge in [0.2, 0.25) is 0 Å². The molecule has 0 radical (unpaired) electrons. The minimum absolute atomic E-state index is 0.436. The summed E-state index contributed by atoms with van der Waals surface area (Å²) in [5.41, 5.74) is 3.46. The average Bonchev–Trinajstić information content (AvgIpc) is 2.88. The summed E-state index contributed by atoms with van der Waals surface area (Å²) in [5, 5.41) is 8.15. The monoisotopic (exact) mass is 350 g/mol. The molecular weight excluding hydrogens is 328 g/mol. The standard InChI is InChI=1S/C16H23BrN4/c1-5-14-8-15(6-2)21(20-14)16-12(9-18-11(3)4)7-13(17)10-19-16/h7-8,10-11,18H,5-6,9H2,1-4H3. The highest BCUT2D eigenvalue weighted by atomic mass is 79.9. The number of hydrogen-bond acceptors (Lipinski definition) is 3. The van der Waals surface area contributed by atoms with E-state index in [0.29, 0.717) is 6.04 Å². The number of halogens is 1. The molecule has 0 saturated carbocycles. The van der Waals surface area contributed by atoms with Gasteiger partial charge in [-0.25, -0.2) is 9.67 Å². The van der Waals surface area contributed by atoms with Gasteiger partial charge < -0.3 is 5.32 Å². The van der Waals surface area contributed by atoms with E-state index in [1.807, 2.05) is 10.9 Å². The van der Waals surface area contributed by atoms with Crippen LogP contribution in [-0.2, 0) is 19.4 Å². The summed E-state index contributed by atoms with van der Waals surface area (Å²) < 4.78 is 2.98. The van der Waals surface area contributed by atoms with E-state index < -0.39 is 0 Å². The molecule has 2 heterocycles. The summed E-state index contributed by atoms with van der Waals surface area (Å²) in [6.07, 6.45) is 3.72. The van der Waals surface area contributed by atoms with Crippen molar-refractivity contribution in [3.8, 4) is 5.82 Å². The lowest BCUT2D eigenvalue weighted by atomic mass is 10.2. The van der Waals surface area contributed by atoms with Crippen molar-refractivity contribution in [3.63, 3.8) is 0 Å². The maximum atomic E-state index is 4.70. The highest BCUT2D eigenvalue weighted by Crippen LogP contribution is 2.20. The van der Waals surface area contributed by atoms with Crippen LogP contribution in [-0.4, -0.2) is 20.8 Å². The molecule has 4 nitrogen and oxygen atoms in total. The molecule has 1 N–H and O–H groups in total. The molecule has 0 spiro atoms. The van der Waals surface area contributed by atoms with Crippen LogP contribution in [0.25, 0.3) is 5.82 Å². The van der Waals surface area contributed by atoms with Gasteiger partial charge in [0.05, 0.1) is 5.69 Å². The van der Waals surface area contributed by atoms with Gasteiger partial charge in [0.25, 0.3) is 0 Å². The average molecular weight is 351 g/mol. The Hall–Kier alpha value is -1.20. The quantitative estimate of drug-likeness (QED) is 0.864.